The lowest BCUT2D eigenvalue weighted by molar-refractivity contribution is -0.121. The Morgan fingerprint density at radius 1 is 1.14 bits per heavy atom. The molecule has 1 aliphatic rings. The largest absolute Gasteiger partial charge is 0.351 e. The number of likely N-dealkylation sites (tertiary alicyclic amines) is 1. The molecule has 0 spiro atoms. The number of hydrogen-bond acceptors (Lipinski definition) is 5. The van der Waals surface area contributed by atoms with Gasteiger partial charge in [-0.25, -0.2) is 8.42 Å². The summed E-state index contributed by atoms with van der Waals surface area (Å²) < 4.78 is 25.9. The maximum atomic E-state index is 12.3. The molecule has 1 aromatic heterocycles. The number of carbonyl (C=O) groups excluding carboxylic acids is 2. The van der Waals surface area contributed by atoms with Crippen LogP contribution in [0.5, 0.6) is 0 Å². The average Bonchev–Trinajstić information content (AvgIpc) is 3.40. The second-order valence-electron chi connectivity index (χ2n) is 6.67. The van der Waals surface area contributed by atoms with E-state index in [4.69, 9.17) is 0 Å². The van der Waals surface area contributed by atoms with Gasteiger partial charge in [0, 0.05) is 32.2 Å². The average molecular weight is 422 g/mol. The number of sulfonamides is 1. The van der Waals surface area contributed by atoms with Gasteiger partial charge in [-0.1, -0.05) is 18.2 Å². The first-order valence-electron chi connectivity index (χ1n) is 9.02. The number of benzene rings is 1. The van der Waals surface area contributed by atoms with E-state index >= 15 is 0 Å². The summed E-state index contributed by atoms with van der Waals surface area (Å²) in [6.07, 6.45) is 2.10. The van der Waals surface area contributed by atoms with Crippen LogP contribution >= 0.6 is 11.3 Å². The van der Waals surface area contributed by atoms with E-state index in [1.165, 1.54) is 13.1 Å². The Morgan fingerprint density at radius 2 is 1.82 bits per heavy atom. The Balaban J connectivity index is 1.51. The molecule has 0 aliphatic carbocycles. The summed E-state index contributed by atoms with van der Waals surface area (Å²) in [4.78, 5) is 26.3. The highest BCUT2D eigenvalue weighted by Crippen LogP contribution is 2.19. The Kier molecular flexibility index (Phi) is 6.48. The van der Waals surface area contributed by atoms with Crippen LogP contribution < -0.4 is 5.32 Å². The number of likely N-dealkylation sites (N-methyl/N-ethyl adjacent to an activating group) is 1. The SMILES string of the molecule is CN(CC(=O)NCc1ccc(C(=O)N2CCCC2)cc1)S(=O)(=O)c1cccs1. The van der Waals surface area contributed by atoms with Crippen molar-refractivity contribution in [3.8, 4) is 0 Å². The van der Waals surface area contributed by atoms with Crippen molar-refractivity contribution in [2.75, 3.05) is 26.7 Å². The van der Waals surface area contributed by atoms with Crippen molar-refractivity contribution in [1.82, 2.24) is 14.5 Å². The highest BCUT2D eigenvalue weighted by Gasteiger charge is 2.23. The van der Waals surface area contributed by atoms with E-state index in [9.17, 15) is 18.0 Å². The summed E-state index contributed by atoms with van der Waals surface area (Å²) in [5.74, 6) is -0.353. The number of carbonyl (C=O) groups is 2. The molecule has 2 aromatic rings. The third-order valence-electron chi connectivity index (χ3n) is 4.61. The van der Waals surface area contributed by atoms with Gasteiger partial charge in [-0.15, -0.1) is 11.3 Å². The van der Waals surface area contributed by atoms with Gasteiger partial charge in [0.1, 0.15) is 4.21 Å². The van der Waals surface area contributed by atoms with Gasteiger partial charge in [0.2, 0.25) is 5.91 Å². The molecule has 0 saturated carbocycles. The molecule has 3 rings (SSSR count). The van der Waals surface area contributed by atoms with E-state index in [-0.39, 0.29) is 29.1 Å². The van der Waals surface area contributed by atoms with Crippen LogP contribution in [0.25, 0.3) is 0 Å². The van der Waals surface area contributed by atoms with Crippen LogP contribution in [0.4, 0.5) is 0 Å². The quantitative estimate of drug-likeness (QED) is 0.740. The minimum atomic E-state index is -3.65. The molecule has 0 radical (unpaired) electrons. The van der Waals surface area contributed by atoms with Crippen LogP contribution in [0.1, 0.15) is 28.8 Å². The molecule has 150 valence electrons. The summed E-state index contributed by atoms with van der Waals surface area (Å²) in [6, 6.07) is 10.3. The van der Waals surface area contributed by atoms with Crippen LogP contribution in [0.2, 0.25) is 0 Å². The molecule has 2 amide bonds. The van der Waals surface area contributed by atoms with Crippen molar-refractivity contribution < 1.29 is 18.0 Å². The number of nitrogens with one attached hydrogen (secondary N) is 1. The fourth-order valence-electron chi connectivity index (χ4n) is 2.98. The highest BCUT2D eigenvalue weighted by molar-refractivity contribution is 7.91. The Hall–Kier alpha value is -2.23. The van der Waals surface area contributed by atoms with Crippen molar-refractivity contribution >= 4 is 33.2 Å². The molecule has 1 fully saturated rings. The lowest BCUT2D eigenvalue weighted by atomic mass is 10.1. The third kappa shape index (κ3) is 4.78. The second-order valence-corrected chi connectivity index (χ2v) is 9.89. The van der Waals surface area contributed by atoms with Gasteiger partial charge in [-0.2, -0.15) is 4.31 Å². The summed E-state index contributed by atoms with van der Waals surface area (Å²) >= 11 is 1.12. The first-order valence-corrected chi connectivity index (χ1v) is 11.3. The van der Waals surface area contributed by atoms with Gasteiger partial charge in [0.15, 0.2) is 0 Å². The summed E-state index contributed by atoms with van der Waals surface area (Å²) in [7, 11) is -2.27. The Labute approximate surface area is 169 Å². The van der Waals surface area contributed by atoms with Gasteiger partial charge in [-0.3, -0.25) is 9.59 Å². The third-order valence-corrected chi connectivity index (χ3v) is 7.79. The molecule has 1 N–H and O–H groups in total. The summed E-state index contributed by atoms with van der Waals surface area (Å²) in [5, 5.41) is 4.39. The number of rotatable bonds is 7. The lowest BCUT2D eigenvalue weighted by Crippen LogP contribution is -2.37. The van der Waals surface area contributed by atoms with E-state index in [0.29, 0.717) is 5.56 Å². The van der Waals surface area contributed by atoms with E-state index in [2.05, 4.69) is 5.32 Å². The predicted molar refractivity (Wildman–Crippen MR) is 108 cm³/mol. The van der Waals surface area contributed by atoms with Gasteiger partial charge >= 0.3 is 0 Å². The molecule has 9 heteroatoms. The number of amides is 2. The normalized spacial score (nSPS) is 14.4. The number of thiophene rings is 1. The van der Waals surface area contributed by atoms with Crippen molar-refractivity contribution in [2.45, 2.75) is 23.6 Å². The zero-order valence-corrected chi connectivity index (χ0v) is 17.3. The molecule has 0 atom stereocenters. The van der Waals surface area contributed by atoms with Crippen molar-refractivity contribution in [3.63, 3.8) is 0 Å². The fraction of sp³-hybridized carbons (Fsp3) is 0.368. The zero-order chi connectivity index (χ0) is 20.1. The molecular weight excluding hydrogens is 398 g/mol. The molecule has 1 aromatic carbocycles. The maximum Gasteiger partial charge on any atom is 0.253 e. The zero-order valence-electron chi connectivity index (χ0n) is 15.6. The Bertz CT molecular complexity index is 919. The number of nitrogens with zero attached hydrogens (tertiary/aromatic N) is 2. The van der Waals surface area contributed by atoms with Gasteiger partial charge in [0.05, 0.1) is 6.54 Å². The van der Waals surface area contributed by atoms with Crippen molar-refractivity contribution in [1.29, 1.82) is 0 Å². The van der Waals surface area contributed by atoms with Crippen LogP contribution in [0, 0.1) is 0 Å². The highest BCUT2D eigenvalue weighted by atomic mass is 32.2. The molecule has 1 aliphatic heterocycles. The minimum Gasteiger partial charge on any atom is -0.351 e. The summed E-state index contributed by atoms with van der Waals surface area (Å²) in [5.41, 5.74) is 1.48. The van der Waals surface area contributed by atoms with E-state index in [1.807, 2.05) is 4.90 Å². The van der Waals surface area contributed by atoms with Crippen LogP contribution in [-0.4, -0.2) is 56.1 Å². The molecule has 7 nitrogen and oxygen atoms in total. The topological polar surface area (TPSA) is 86.8 Å². The molecule has 1 saturated heterocycles. The van der Waals surface area contributed by atoms with E-state index < -0.39 is 10.0 Å². The van der Waals surface area contributed by atoms with Gasteiger partial charge < -0.3 is 10.2 Å². The Morgan fingerprint density at radius 3 is 2.43 bits per heavy atom. The predicted octanol–water partition coefficient (Wildman–Crippen LogP) is 1.92. The first-order chi connectivity index (χ1) is 13.4. The van der Waals surface area contributed by atoms with Crippen LogP contribution in [0.3, 0.4) is 0 Å². The van der Waals surface area contributed by atoms with E-state index in [1.54, 1.807) is 35.7 Å². The van der Waals surface area contributed by atoms with Crippen LogP contribution in [-0.2, 0) is 21.4 Å². The molecule has 0 bridgehead atoms. The lowest BCUT2D eigenvalue weighted by Gasteiger charge is -2.16. The molecule has 28 heavy (non-hydrogen) atoms. The fourth-order valence-corrected chi connectivity index (χ4v) is 5.30. The second kappa shape index (κ2) is 8.85. The van der Waals surface area contributed by atoms with E-state index in [0.717, 1.165) is 47.1 Å². The first kappa shape index (κ1) is 20.5. The monoisotopic (exact) mass is 421 g/mol. The molecule has 0 unspecified atom stereocenters. The smallest absolute Gasteiger partial charge is 0.253 e. The standard InChI is InChI=1S/C19H23N3O4S2/c1-21(28(25,26)18-5-4-12-27-18)14-17(23)20-13-15-6-8-16(9-7-15)19(24)22-10-2-3-11-22/h4-9,12H,2-3,10-11,13-14H2,1H3,(H,20,23). The minimum absolute atomic E-state index is 0.0356. The summed E-state index contributed by atoms with van der Waals surface area (Å²) in [6.45, 7) is 1.62. The maximum absolute atomic E-state index is 12.3. The van der Waals surface area contributed by atoms with Crippen LogP contribution in [0.15, 0.2) is 46.0 Å². The molecule has 2 heterocycles. The van der Waals surface area contributed by atoms with Gasteiger partial charge in [-0.05, 0) is 42.0 Å². The molecular formula is C19H23N3O4S2. The van der Waals surface area contributed by atoms with Gasteiger partial charge in [0.25, 0.3) is 15.9 Å². The van der Waals surface area contributed by atoms with Crippen molar-refractivity contribution in [2.24, 2.45) is 0 Å². The number of hydrogen-bond donors (Lipinski definition) is 1. The van der Waals surface area contributed by atoms with Crippen molar-refractivity contribution in [3.05, 3.63) is 52.9 Å².